The van der Waals surface area contributed by atoms with Gasteiger partial charge in [0.05, 0.1) is 43.2 Å². The highest BCUT2D eigenvalue weighted by molar-refractivity contribution is 6.16. The van der Waals surface area contributed by atoms with E-state index in [-0.39, 0.29) is 39.9 Å². The Kier molecular flexibility index (Phi) is 6.02. The number of allylic oxidation sites excluding steroid dienone is 2. The van der Waals surface area contributed by atoms with Crippen molar-refractivity contribution in [3.63, 3.8) is 0 Å². The molecule has 1 unspecified atom stereocenters. The SMILES string of the molecule is COc1ccc2oc(=O)c(C3=C(C#N)C(=N)C(C#N)(C#N)C(C)(c4cc5cc(OC)ccc5oc4=O)C3)cc2c1. The minimum atomic E-state index is -2.26. The van der Waals surface area contributed by atoms with Crippen LogP contribution in [0.2, 0.25) is 0 Å². The van der Waals surface area contributed by atoms with Gasteiger partial charge in [0, 0.05) is 21.8 Å². The summed E-state index contributed by atoms with van der Waals surface area (Å²) < 4.78 is 21.6. The Labute approximate surface area is 227 Å². The summed E-state index contributed by atoms with van der Waals surface area (Å²) in [4.78, 5) is 26.5. The van der Waals surface area contributed by atoms with Gasteiger partial charge in [-0.2, -0.15) is 15.8 Å². The Hall–Kier alpha value is -5.66. The second kappa shape index (κ2) is 9.27. The molecule has 196 valence electrons. The molecule has 0 spiro atoms. The third-order valence-electron chi connectivity index (χ3n) is 7.53. The van der Waals surface area contributed by atoms with E-state index in [0.29, 0.717) is 22.3 Å². The first-order valence-corrected chi connectivity index (χ1v) is 12.0. The van der Waals surface area contributed by atoms with Crippen LogP contribution in [0.1, 0.15) is 24.5 Å². The lowest BCUT2D eigenvalue weighted by atomic mass is 9.53. The van der Waals surface area contributed by atoms with E-state index >= 15 is 0 Å². The molecule has 1 aliphatic carbocycles. The fraction of sp³-hybridized carbons (Fsp3) is 0.200. The quantitative estimate of drug-likeness (QED) is 0.368. The highest BCUT2D eigenvalue weighted by Crippen LogP contribution is 2.53. The lowest BCUT2D eigenvalue weighted by Gasteiger charge is -2.43. The van der Waals surface area contributed by atoms with Crippen molar-refractivity contribution in [2.75, 3.05) is 14.2 Å². The topological polar surface area (TPSA) is 174 Å². The maximum absolute atomic E-state index is 13.4. The van der Waals surface area contributed by atoms with Crippen LogP contribution >= 0.6 is 0 Å². The lowest BCUT2D eigenvalue weighted by Crippen LogP contribution is -2.52. The van der Waals surface area contributed by atoms with E-state index in [4.69, 9.17) is 23.7 Å². The summed E-state index contributed by atoms with van der Waals surface area (Å²) in [6, 6.07) is 18.3. The molecule has 10 nitrogen and oxygen atoms in total. The third-order valence-corrected chi connectivity index (χ3v) is 7.53. The van der Waals surface area contributed by atoms with Crippen LogP contribution in [0.5, 0.6) is 11.5 Å². The normalized spacial score (nSPS) is 18.1. The van der Waals surface area contributed by atoms with Gasteiger partial charge in [-0.1, -0.05) is 6.92 Å². The minimum Gasteiger partial charge on any atom is -0.497 e. The largest absolute Gasteiger partial charge is 0.497 e. The summed E-state index contributed by atoms with van der Waals surface area (Å²) in [7, 11) is 2.96. The number of nitrogens with zero attached hydrogens (tertiary/aromatic N) is 3. The number of hydrogen-bond acceptors (Lipinski definition) is 10. The van der Waals surface area contributed by atoms with Crippen molar-refractivity contribution in [2.24, 2.45) is 5.41 Å². The molecule has 1 atom stereocenters. The van der Waals surface area contributed by atoms with E-state index in [1.165, 1.54) is 33.3 Å². The maximum Gasteiger partial charge on any atom is 0.343 e. The molecule has 1 N–H and O–H groups in total. The highest BCUT2D eigenvalue weighted by atomic mass is 16.5. The van der Waals surface area contributed by atoms with Crippen molar-refractivity contribution in [3.8, 4) is 29.7 Å². The molecule has 0 bridgehead atoms. The second-order valence-corrected chi connectivity index (χ2v) is 9.53. The fourth-order valence-corrected chi connectivity index (χ4v) is 5.27. The Morgan fingerprint density at radius 2 is 1.40 bits per heavy atom. The Bertz CT molecular complexity index is 2020. The Balaban J connectivity index is 1.83. The van der Waals surface area contributed by atoms with Crippen LogP contribution in [0.15, 0.2) is 72.5 Å². The van der Waals surface area contributed by atoms with Gasteiger partial charge in [-0.05, 0) is 60.5 Å². The molecule has 0 fully saturated rings. The maximum atomic E-state index is 13.4. The molecule has 0 amide bonds. The van der Waals surface area contributed by atoms with Crippen molar-refractivity contribution in [1.29, 1.82) is 21.2 Å². The molecule has 0 radical (unpaired) electrons. The van der Waals surface area contributed by atoms with Gasteiger partial charge >= 0.3 is 11.3 Å². The zero-order chi connectivity index (χ0) is 28.8. The zero-order valence-corrected chi connectivity index (χ0v) is 21.6. The summed E-state index contributed by atoms with van der Waals surface area (Å²) in [5.41, 5.74) is -6.03. The highest BCUT2D eigenvalue weighted by Gasteiger charge is 2.60. The molecule has 40 heavy (non-hydrogen) atoms. The van der Waals surface area contributed by atoms with Gasteiger partial charge in [0.1, 0.15) is 28.7 Å². The summed E-state index contributed by atoms with van der Waals surface area (Å²) in [5.74, 6) is 0.984. The van der Waals surface area contributed by atoms with Gasteiger partial charge < -0.3 is 23.7 Å². The van der Waals surface area contributed by atoms with E-state index in [2.05, 4.69) is 0 Å². The van der Waals surface area contributed by atoms with Crippen molar-refractivity contribution >= 4 is 33.2 Å². The van der Waals surface area contributed by atoms with E-state index < -0.39 is 27.8 Å². The summed E-state index contributed by atoms with van der Waals surface area (Å²) in [6.07, 6.45) is -0.292. The van der Waals surface area contributed by atoms with Crippen molar-refractivity contribution in [2.45, 2.75) is 18.8 Å². The Morgan fingerprint density at radius 1 is 0.850 bits per heavy atom. The van der Waals surface area contributed by atoms with Crippen molar-refractivity contribution in [3.05, 3.63) is 86.1 Å². The molecule has 0 saturated carbocycles. The fourth-order valence-electron chi connectivity index (χ4n) is 5.27. The number of rotatable bonds is 4. The van der Waals surface area contributed by atoms with E-state index in [0.717, 1.165) is 0 Å². The average Bonchev–Trinajstić information content (AvgIpc) is 2.96. The van der Waals surface area contributed by atoms with Gasteiger partial charge in [-0.25, -0.2) is 9.59 Å². The monoisotopic (exact) mass is 532 g/mol. The van der Waals surface area contributed by atoms with Gasteiger partial charge in [-0.3, -0.25) is 0 Å². The molecule has 10 heteroatoms. The van der Waals surface area contributed by atoms with Gasteiger partial charge in [0.2, 0.25) is 0 Å². The molecule has 4 aromatic rings. The number of hydrogen-bond donors (Lipinski definition) is 1. The average molecular weight is 533 g/mol. The van der Waals surface area contributed by atoms with E-state index in [1.807, 2.05) is 18.2 Å². The predicted octanol–water partition coefficient (Wildman–Crippen LogP) is 4.61. The molecule has 0 saturated heterocycles. The molecule has 1 aliphatic rings. The van der Waals surface area contributed by atoms with Crippen LogP contribution in [-0.4, -0.2) is 19.9 Å². The van der Waals surface area contributed by atoms with Crippen LogP contribution in [0.25, 0.3) is 27.5 Å². The molecule has 2 aromatic carbocycles. The molecular weight excluding hydrogens is 512 g/mol. The number of benzene rings is 2. The number of nitrogens with one attached hydrogen (secondary N) is 1. The predicted molar refractivity (Wildman–Crippen MR) is 144 cm³/mol. The summed E-state index contributed by atoms with van der Waals surface area (Å²) in [6.45, 7) is 1.48. The Morgan fingerprint density at radius 3 is 1.93 bits per heavy atom. The van der Waals surface area contributed by atoms with Crippen LogP contribution in [-0.2, 0) is 5.41 Å². The summed E-state index contributed by atoms with van der Waals surface area (Å²) >= 11 is 0. The molecule has 2 aromatic heterocycles. The zero-order valence-electron chi connectivity index (χ0n) is 21.6. The molecule has 5 rings (SSSR count). The number of fused-ring (bicyclic) bond motifs is 2. The van der Waals surface area contributed by atoms with Crippen LogP contribution < -0.4 is 20.7 Å². The minimum absolute atomic E-state index is 0.0374. The van der Waals surface area contributed by atoms with Gasteiger partial charge in [0.25, 0.3) is 0 Å². The van der Waals surface area contributed by atoms with Crippen molar-refractivity contribution in [1.82, 2.24) is 0 Å². The first kappa shape index (κ1) is 26.0. The number of methoxy groups -OCH3 is 2. The molecule has 0 aliphatic heterocycles. The van der Waals surface area contributed by atoms with E-state index in [1.54, 1.807) is 36.4 Å². The van der Waals surface area contributed by atoms with Gasteiger partial charge in [-0.15, -0.1) is 0 Å². The third kappa shape index (κ3) is 3.57. The van der Waals surface area contributed by atoms with Gasteiger partial charge in [0.15, 0.2) is 5.41 Å². The molecular formula is C30H20N4O6. The second-order valence-electron chi connectivity index (χ2n) is 9.53. The van der Waals surface area contributed by atoms with Crippen molar-refractivity contribution < 1.29 is 18.3 Å². The lowest BCUT2D eigenvalue weighted by molar-refractivity contribution is 0.342. The number of nitriles is 3. The smallest absolute Gasteiger partial charge is 0.343 e. The van der Waals surface area contributed by atoms with E-state index in [9.17, 15) is 25.4 Å². The molecule has 2 heterocycles. The van der Waals surface area contributed by atoms with Crippen LogP contribution in [0.4, 0.5) is 0 Å². The standard InChI is InChI=1S/C30H20N4O6/c1-29(23-11-17-9-19(38-3)5-7-25(17)40-28(23)36)12-21(22(13-31)26(34)30(29,14-32)15-33)20-10-16-8-18(37-2)4-6-24(16)39-27(20)35/h4-11,34H,12H2,1-3H3. The summed E-state index contributed by atoms with van der Waals surface area (Å²) in [5, 5.41) is 40.6. The van der Waals surface area contributed by atoms with Crippen LogP contribution in [0.3, 0.4) is 0 Å². The first-order valence-electron chi connectivity index (χ1n) is 12.0. The number of ether oxygens (including phenoxy) is 2. The van der Waals surface area contributed by atoms with Crippen LogP contribution in [0, 0.1) is 44.8 Å². The first-order chi connectivity index (χ1) is 19.2.